The van der Waals surface area contributed by atoms with Crippen LogP contribution >= 0.6 is 0 Å². The molecule has 2 heterocycles. The van der Waals surface area contributed by atoms with Crippen molar-refractivity contribution in [3.63, 3.8) is 0 Å². The summed E-state index contributed by atoms with van der Waals surface area (Å²) in [5.41, 5.74) is 5.13. The van der Waals surface area contributed by atoms with Gasteiger partial charge in [-0.05, 0) is 67.5 Å². The number of hydroxylamine groups is 1. The minimum atomic E-state index is -0.263. The predicted octanol–water partition coefficient (Wildman–Crippen LogP) is 3.99. The molecule has 0 fully saturated rings. The van der Waals surface area contributed by atoms with E-state index in [4.69, 9.17) is 19.0 Å². The van der Waals surface area contributed by atoms with E-state index >= 15 is 0 Å². The fourth-order valence-corrected chi connectivity index (χ4v) is 3.65. The molecule has 0 radical (unpaired) electrons. The highest BCUT2D eigenvalue weighted by Gasteiger charge is 2.21. The molecule has 0 saturated heterocycles. The lowest BCUT2D eigenvalue weighted by atomic mass is 9.92. The van der Waals surface area contributed by atoms with Gasteiger partial charge in [0.15, 0.2) is 11.5 Å². The van der Waals surface area contributed by atoms with Crippen LogP contribution in [0.15, 0.2) is 41.5 Å². The van der Waals surface area contributed by atoms with Crippen LogP contribution in [0, 0.1) is 6.92 Å². The summed E-state index contributed by atoms with van der Waals surface area (Å²) in [4.78, 5) is 26.2. The molecule has 1 aliphatic heterocycles. The van der Waals surface area contributed by atoms with Gasteiger partial charge in [0.2, 0.25) is 6.79 Å². The maximum atomic E-state index is 11.9. The molecule has 0 spiro atoms. The number of anilines is 1. The lowest BCUT2D eigenvalue weighted by Gasteiger charge is -2.17. The summed E-state index contributed by atoms with van der Waals surface area (Å²) in [7, 11) is 3.14. The third-order valence-electron chi connectivity index (χ3n) is 5.60. The quantitative estimate of drug-likeness (QED) is 0.149. The molecular formula is C25H34N4O5. The molecule has 1 unspecified atom stereocenters. The summed E-state index contributed by atoms with van der Waals surface area (Å²) in [5, 5.41) is 3.34. The van der Waals surface area contributed by atoms with E-state index in [1.165, 1.54) is 12.7 Å². The third kappa shape index (κ3) is 7.91. The zero-order chi connectivity index (χ0) is 24.2. The molecule has 0 bridgehead atoms. The van der Waals surface area contributed by atoms with Gasteiger partial charge in [-0.3, -0.25) is 20.1 Å². The third-order valence-corrected chi connectivity index (χ3v) is 5.60. The number of benzene rings is 1. The number of hydrogen-bond donors (Lipinski definition) is 2. The zero-order valence-corrected chi connectivity index (χ0v) is 20.1. The fraction of sp³-hybridized carbons (Fsp3) is 0.480. The number of nitrogens with one attached hydrogen (secondary N) is 2. The smallest absolute Gasteiger partial charge is 0.306 e. The van der Waals surface area contributed by atoms with Crippen molar-refractivity contribution >= 4 is 17.6 Å². The summed E-state index contributed by atoms with van der Waals surface area (Å²) in [6, 6.07) is 9.75. The summed E-state index contributed by atoms with van der Waals surface area (Å²) in [6.07, 6.45) is 5.44. The van der Waals surface area contributed by atoms with E-state index in [2.05, 4.69) is 27.7 Å². The van der Waals surface area contributed by atoms with E-state index in [9.17, 15) is 4.79 Å². The van der Waals surface area contributed by atoms with Crippen molar-refractivity contribution in [3.8, 4) is 11.5 Å². The molecule has 1 aromatic heterocycles. The van der Waals surface area contributed by atoms with Crippen LogP contribution in [-0.2, 0) is 14.4 Å². The number of unbranched alkanes of at least 4 members (excludes halogenated alkanes) is 1. The number of amidine groups is 1. The molecular weight excluding hydrogens is 436 g/mol. The molecule has 9 heteroatoms. The average molecular weight is 471 g/mol. The molecule has 2 aromatic rings. The van der Waals surface area contributed by atoms with Crippen molar-refractivity contribution in [1.82, 2.24) is 10.5 Å². The second-order valence-corrected chi connectivity index (χ2v) is 8.10. The van der Waals surface area contributed by atoms with Crippen molar-refractivity contribution in [2.24, 2.45) is 4.99 Å². The normalized spacial score (nSPS) is 13.4. The van der Waals surface area contributed by atoms with Crippen LogP contribution < -0.4 is 20.3 Å². The number of aromatic nitrogens is 1. The Labute approximate surface area is 200 Å². The van der Waals surface area contributed by atoms with Crippen LogP contribution in [0.5, 0.6) is 11.5 Å². The molecule has 0 aliphatic carbocycles. The van der Waals surface area contributed by atoms with E-state index in [1.807, 2.05) is 36.5 Å². The molecule has 2 N–H and O–H groups in total. The highest BCUT2D eigenvalue weighted by atomic mass is 16.7. The van der Waals surface area contributed by atoms with Crippen LogP contribution in [0.4, 0.5) is 5.82 Å². The Morgan fingerprint density at radius 2 is 2.06 bits per heavy atom. The number of aryl methyl sites for hydroxylation is 1. The number of carbonyl (C=O) groups is 1. The molecule has 1 aliphatic rings. The van der Waals surface area contributed by atoms with E-state index in [0.29, 0.717) is 24.5 Å². The number of fused-ring (bicyclic) bond motifs is 1. The highest BCUT2D eigenvalue weighted by molar-refractivity contribution is 5.80. The maximum Gasteiger partial charge on any atom is 0.306 e. The molecule has 1 aromatic carbocycles. The first-order valence-electron chi connectivity index (χ1n) is 11.6. The molecule has 0 amide bonds. The molecule has 9 nitrogen and oxygen atoms in total. The van der Waals surface area contributed by atoms with Crippen molar-refractivity contribution < 1.29 is 23.8 Å². The molecule has 34 heavy (non-hydrogen) atoms. The number of rotatable bonds is 13. The van der Waals surface area contributed by atoms with Gasteiger partial charge < -0.3 is 19.5 Å². The minimum Gasteiger partial charge on any atom is -0.469 e. The largest absolute Gasteiger partial charge is 0.469 e. The topological polar surface area (TPSA) is 103 Å². The van der Waals surface area contributed by atoms with Gasteiger partial charge in [0, 0.05) is 26.2 Å². The fourth-order valence-electron chi connectivity index (χ4n) is 3.65. The average Bonchev–Trinajstić information content (AvgIpc) is 3.32. The summed E-state index contributed by atoms with van der Waals surface area (Å²) in [5.74, 6) is 2.77. The Morgan fingerprint density at radius 1 is 1.21 bits per heavy atom. The Hall–Kier alpha value is -3.33. The highest BCUT2D eigenvalue weighted by Crippen LogP contribution is 2.36. The summed E-state index contributed by atoms with van der Waals surface area (Å²) >= 11 is 0. The first-order valence-corrected chi connectivity index (χ1v) is 11.6. The summed E-state index contributed by atoms with van der Waals surface area (Å²) < 4.78 is 15.7. The van der Waals surface area contributed by atoms with Gasteiger partial charge in [-0.25, -0.2) is 4.98 Å². The number of pyridine rings is 1. The number of nitrogens with zero attached hydrogens (tertiary/aromatic N) is 2. The molecule has 1 atom stereocenters. The lowest BCUT2D eigenvalue weighted by Crippen LogP contribution is -2.25. The van der Waals surface area contributed by atoms with Crippen molar-refractivity contribution in [2.45, 2.75) is 44.9 Å². The number of ether oxygens (including phenoxy) is 3. The first-order chi connectivity index (χ1) is 16.6. The number of esters is 1. The number of aliphatic imine (C=N–C) groups is 1. The van der Waals surface area contributed by atoms with Gasteiger partial charge in [0.25, 0.3) is 0 Å². The van der Waals surface area contributed by atoms with Crippen LogP contribution in [0.2, 0.25) is 0 Å². The number of methoxy groups -OCH3 is 1. The van der Waals surface area contributed by atoms with E-state index in [0.717, 1.165) is 43.0 Å². The number of carbonyl (C=O) groups excluding carboxylic acids is 1. The lowest BCUT2D eigenvalue weighted by molar-refractivity contribution is -0.141. The van der Waals surface area contributed by atoms with Crippen molar-refractivity contribution in [1.29, 1.82) is 0 Å². The Balaban J connectivity index is 1.38. The molecule has 3 rings (SSSR count). The standard InChI is InChI=1S/C25H34N4O5/c1-18-9-12-28-24(14-18)27-11-5-4-6-23(26-2)29-34-13-10-20(16-25(30)31-3)19-7-8-21-22(15-19)33-17-32-21/h7-9,12,14-15,20H,4-6,10-11,13,16-17H2,1-3H3,(H,26,29)(H,27,28). The second kappa shape index (κ2) is 13.4. The Bertz CT molecular complexity index is 966. The Kier molecular flexibility index (Phi) is 9.97. The van der Waals surface area contributed by atoms with Crippen molar-refractivity contribution in [2.75, 3.05) is 39.4 Å². The predicted molar refractivity (Wildman–Crippen MR) is 130 cm³/mol. The SMILES string of the molecule is CN=C(CCCCNc1cc(C)ccn1)NOCCC(CC(=O)OC)c1ccc2c(c1)OCO2. The van der Waals surface area contributed by atoms with Crippen LogP contribution in [-0.4, -0.2) is 50.9 Å². The minimum absolute atomic E-state index is 0.0629. The molecule has 0 saturated carbocycles. The number of hydrogen-bond acceptors (Lipinski definition) is 8. The first kappa shape index (κ1) is 25.3. The van der Waals surface area contributed by atoms with Gasteiger partial charge in [-0.1, -0.05) is 6.07 Å². The van der Waals surface area contributed by atoms with Crippen LogP contribution in [0.3, 0.4) is 0 Å². The zero-order valence-electron chi connectivity index (χ0n) is 20.1. The maximum absolute atomic E-state index is 11.9. The van der Waals surface area contributed by atoms with E-state index in [1.54, 1.807) is 7.05 Å². The Morgan fingerprint density at radius 3 is 2.85 bits per heavy atom. The molecule has 184 valence electrons. The van der Waals surface area contributed by atoms with Crippen LogP contribution in [0.1, 0.15) is 49.1 Å². The van der Waals surface area contributed by atoms with Gasteiger partial charge in [-0.15, -0.1) is 0 Å². The second-order valence-electron chi connectivity index (χ2n) is 8.10. The van der Waals surface area contributed by atoms with Gasteiger partial charge in [0.1, 0.15) is 11.7 Å². The van der Waals surface area contributed by atoms with Gasteiger partial charge in [-0.2, -0.15) is 0 Å². The summed E-state index contributed by atoms with van der Waals surface area (Å²) in [6.45, 7) is 3.52. The monoisotopic (exact) mass is 470 g/mol. The van der Waals surface area contributed by atoms with E-state index < -0.39 is 0 Å². The van der Waals surface area contributed by atoms with Crippen LogP contribution in [0.25, 0.3) is 0 Å². The van der Waals surface area contributed by atoms with Gasteiger partial charge in [0.05, 0.1) is 20.1 Å². The van der Waals surface area contributed by atoms with E-state index in [-0.39, 0.29) is 25.1 Å². The van der Waals surface area contributed by atoms with Gasteiger partial charge >= 0.3 is 5.97 Å². The van der Waals surface area contributed by atoms with Crippen molar-refractivity contribution in [3.05, 3.63) is 47.7 Å².